The first-order valence-corrected chi connectivity index (χ1v) is 9.06. The van der Waals surface area contributed by atoms with Gasteiger partial charge in [-0.25, -0.2) is 4.98 Å². The minimum Gasteiger partial charge on any atom is -0.385 e. The second-order valence-corrected chi connectivity index (χ2v) is 6.50. The summed E-state index contributed by atoms with van der Waals surface area (Å²) in [5.41, 5.74) is 4.71. The number of pyridine rings is 1. The van der Waals surface area contributed by atoms with Crippen LogP contribution in [0.1, 0.15) is 30.9 Å². The number of nitrogens with zero attached hydrogens (tertiary/aromatic N) is 2. The van der Waals surface area contributed by atoms with Gasteiger partial charge in [0, 0.05) is 32.0 Å². The molecule has 0 fully saturated rings. The first-order chi connectivity index (χ1) is 12.6. The zero-order valence-corrected chi connectivity index (χ0v) is 15.6. The number of rotatable bonds is 8. The van der Waals surface area contributed by atoms with Gasteiger partial charge < -0.3 is 19.6 Å². The summed E-state index contributed by atoms with van der Waals surface area (Å²) < 4.78 is 6.98. The number of H-pyrrole nitrogens is 1. The number of methoxy groups -OCH3 is 1. The lowest BCUT2D eigenvalue weighted by Crippen LogP contribution is -2.13. The minimum atomic E-state index is -0.128. The summed E-state index contributed by atoms with van der Waals surface area (Å²) in [6, 6.07) is 8.11. The van der Waals surface area contributed by atoms with Gasteiger partial charge in [0.2, 0.25) is 0 Å². The number of nitrogens with one attached hydrogen (secondary N) is 2. The molecule has 0 atom stereocenters. The molecule has 0 aliphatic carbocycles. The third kappa shape index (κ3) is 3.96. The summed E-state index contributed by atoms with van der Waals surface area (Å²) in [5.74, 6) is 0.651. The molecule has 2 N–H and O–H groups in total. The molecule has 0 saturated carbocycles. The molecule has 0 aliphatic heterocycles. The van der Waals surface area contributed by atoms with E-state index in [0.29, 0.717) is 16.9 Å². The molecule has 0 aliphatic rings. The zero-order valence-electron chi connectivity index (χ0n) is 15.6. The number of anilines is 2. The Kier molecular flexibility index (Phi) is 5.73. The van der Waals surface area contributed by atoms with Crippen LogP contribution in [0.25, 0.3) is 11.0 Å². The maximum atomic E-state index is 12.6. The van der Waals surface area contributed by atoms with Crippen LogP contribution in [-0.4, -0.2) is 28.3 Å². The largest absolute Gasteiger partial charge is 0.385 e. The molecule has 6 nitrogen and oxygen atoms in total. The predicted octanol–water partition coefficient (Wildman–Crippen LogP) is 3.77. The standard InChI is InChI=1S/C20H26N4O2/c1-4-15-11-16(8-7-14(15)2)22-18-12-17-19(20(25)23-18)24(13-21-17)9-5-6-10-26-3/h7-8,11-13H,4-6,9-10H2,1-3H3,(H2,22,23,25). The average Bonchev–Trinajstić information content (AvgIpc) is 3.04. The van der Waals surface area contributed by atoms with Crippen molar-refractivity contribution < 1.29 is 4.74 Å². The third-order valence-electron chi connectivity index (χ3n) is 4.62. The molecule has 0 unspecified atom stereocenters. The number of aromatic amines is 1. The lowest BCUT2D eigenvalue weighted by atomic mass is 10.1. The molecule has 0 spiro atoms. The fourth-order valence-corrected chi connectivity index (χ4v) is 3.16. The Hall–Kier alpha value is -2.60. The van der Waals surface area contributed by atoms with Gasteiger partial charge in [-0.1, -0.05) is 13.0 Å². The van der Waals surface area contributed by atoms with Gasteiger partial charge in [-0.15, -0.1) is 0 Å². The number of unbranched alkanes of at least 4 members (excludes halogenated alkanes) is 1. The maximum Gasteiger partial charge on any atom is 0.275 e. The lowest BCUT2D eigenvalue weighted by molar-refractivity contribution is 0.191. The molecule has 3 rings (SSSR count). The van der Waals surface area contributed by atoms with Crippen molar-refractivity contribution >= 4 is 22.5 Å². The molecule has 2 heterocycles. The summed E-state index contributed by atoms with van der Waals surface area (Å²) in [6.07, 6.45) is 4.62. The van der Waals surface area contributed by atoms with Crippen LogP contribution in [0.2, 0.25) is 0 Å². The lowest BCUT2D eigenvalue weighted by Gasteiger charge is -2.10. The number of ether oxygens (including phenoxy) is 1. The van der Waals surface area contributed by atoms with Crippen molar-refractivity contribution in [1.82, 2.24) is 14.5 Å². The summed E-state index contributed by atoms with van der Waals surface area (Å²) in [6.45, 7) is 5.73. The summed E-state index contributed by atoms with van der Waals surface area (Å²) in [4.78, 5) is 19.9. The van der Waals surface area contributed by atoms with Crippen LogP contribution in [0.4, 0.5) is 11.5 Å². The Balaban J connectivity index is 1.82. The number of hydrogen-bond acceptors (Lipinski definition) is 4. The molecule has 0 bridgehead atoms. The van der Waals surface area contributed by atoms with Gasteiger partial charge in [0.1, 0.15) is 11.3 Å². The molecule has 0 radical (unpaired) electrons. The Morgan fingerprint density at radius 1 is 1.27 bits per heavy atom. The van der Waals surface area contributed by atoms with Crippen molar-refractivity contribution in [1.29, 1.82) is 0 Å². The molecule has 2 aromatic heterocycles. The van der Waals surface area contributed by atoms with E-state index in [2.05, 4.69) is 41.3 Å². The van der Waals surface area contributed by atoms with Gasteiger partial charge in [-0.05, 0) is 49.4 Å². The fourth-order valence-electron chi connectivity index (χ4n) is 3.16. The van der Waals surface area contributed by atoms with Crippen molar-refractivity contribution in [2.45, 2.75) is 39.7 Å². The molecule has 1 aromatic carbocycles. The van der Waals surface area contributed by atoms with E-state index in [0.717, 1.165) is 38.1 Å². The minimum absolute atomic E-state index is 0.128. The molecule has 0 amide bonds. The van der Waals surface area contributed by atoms with E-state index in [-0.39, 0.29) is 5.56 Å². The quantitative estimate of drug-likeness (QED) is 0.604. The van der Waals surface area contributed by atoms with Crippen molar-refractivity contribution in [3.05, 3.63) is 52.1 Å². The molecule has 3 aromatic rings. The van der Waals surface area contributed by atoms with E-state index in [4.69, 9.17) is 4.74 Å². The maximum absolute atomic E-state index is 12.6. The second kappa shape index (κ2) is 8.19. The highest BCUT2D eigenvalue weighted by atomic mass is 16.5. The van der Waals surface area contributed by atoms with Gasteiger partial charge in [-0.2, -0.15) is 0 Å². The van der Waals surface area contributed by atoms with E-state index in [1.165, 1.54) is 11.1 Å². The van der Waals surface area contributed by atoms with Gasteiger partial charge >= 0.3 is 0 Å². The van der Waals surface area contributed by atoms with E-state index in [9.17, 15) is 4.79 Å². The molecule has 6 heteroatoms. The van der Waals surface area contributed by atoms with E-state index in [1.807, 2.05) is 16.7 Å². The molecule has 26 heavy (non-hydrogen) atoms. The van der Waals surface area contributed by atoms with Crippen LogP contribution >= 0.6 is 0 Å². The topological polar surface area (TPSA) is 71.9 Å². The summed E-state index contributed by atoms with van der Waals surface area (Å²) in [5, 5.41) is 3.29. The van der Waals surface area contributed by atoms with E-state index < -0.39 is 0 Å². The van der Waals surface area contributed by atoms with Gasteiger partial charge in [-0.3, -0.25) is 4.79 Å². The Bertz CT molecular complexity index is 943. The van der Waals surface area contributed by atoms with Crippen molar-refractivity contribution in [2.75, 3.05) is 19.0 Å². The van der Waals surface area contributed by atoms with Gasteiger partial charge in [0.25, 0.3) is 5.56 Å². The Morgan fingerprint density at radius 2 is 2.12 bits per heavy atom. The molecular weight excluding hydrogens is 328 g/mol. The van der Waals surface area contributed by atoms with Crippen LogP contribution in [0.15, 0.2) is 35.4 Å². The highest BCUT2D eigenvalue weighted by Crippen LogP contribution is 2.20. The van der Waals surface area contributed by atoms with Gasteiger partial charge in [0.15, 0.2) is 0 Å². The summed E-state index contributed by atoms with van der Waals surface area (Å²) in [7, 11) is 1.70. The first kappa shape index (κ1) is 18.2. The van der Waals surface area contributed by atoms with Gasteiger partial charge in [0.05, 0.1) is 11.8 Å². The zero-order chi connectivity index (χ0) is 18.5. The van der Waals surface area contributed by atoms with Crippen LogP contribution in [0.3, 0.4) is 0 Å². The highest BCUT2D eigenvalue weighted by Gasteiger charge is 2.09. The van der Waals surface area contributed by atoms with E-state index >= 15 is 0 Å². The number of benzene rings is 1. The smallest absolute Gasteiger partial charge is 0.275 e. The van der Waals surface area contributed by atoms with Crippen molar-refractivity contribution in [3.63, 3.8) is 0 Å². The monoisotopic (exact) mass is 354 g/mol. The highest BCUT2D eigenvalue weighted by molar-refractivity contribution is 5.78. The van der Waals surface area contributed by atoms with Crippen LogP contribution < -0.4 is 10.9 Å². The SMILES string of the molecule is CCc1cc(Nc2cc3ncn(CCCCOC)c3c(=O)[nH]2)ccc1C. The molecule has 0 saturated heterocycles. The average molecular weight is 354 g/mol. The van der Waals surface area contributed by atoms with Crippen molar-refractivity contribution in [2.24, 2.45) is 0 Å². The predicted molar refractivity (Wildman–Crippen MR) is 105 cm³/mol. The van der Waals surface area contributed by atoms with Crippen LogP contribution in [-0.2, 0) is 17.7 Å². The number of imidazole rings is 1. The number of fused-ring (bicyclic) bond motifs is 1. The van der Waals surface area contributed by atoms with Crippen LogP contribution in [0, 0.1) is 6.92 Å². The van der Waals surface area contributed by atoms with E-state index in [1.54, 1.807) is 13.4 Å². The normalized spacial score (nSPS) is 11.2. The number of aryl methyl sites for hydroxylation is 3. The first-order valence-electron chi connectivity index (χ1n) is 9.06. The molecular formula is C20H26N4O2. The number of aromatic nitrogens is 3. The third-order valence-corrected chi connectivity index (χ3v) is 4.62. The van der Waals surface area contributed by atoms with Crippen molar-refractivity contribution in [3.8, 4) is 0 Å². The summed E-state index contributed by atoms with van der Waals surface area (Å²) >= 11 is 0. The van der Waals surface area contributed by atoms with Crippen LogP contribution in [0.5, 0.6) is 0 Å². The Morgan fingerprint density at radius 3 is 2.88 bits per heavy atom. The fraction of sp³-hybridized carbons (Fsp3) is 0.400. The number of hydrogen-bond donors (Lipinski definition) is 2. The molecule has 138 valence electrons. The Labute approximate surface area is 153 Å². The second-order valence-electron chi connectivity index (χ2n) is 6.50.